The van der Waals surface area contributed by atoms with E-state index in [4.69, 9.17) is 0 Å². The summed E-state index contributed by atoms with van der Waals surface area (Å²) in [6, 6.07) is 9.81. The van der Waals surface area contributed by atoms with Gasteiger partial charge in [-0.15, -0.1) is 11.3 Å². The Morgan fingerprint density at radius 2 is 2.10 bits per heavy atom. The van der Waals surface area contributed by atoms with Crippen LogP contribution in [0.1, 0.15) is 17.8 Å². The van der Waals surface area contributed by atoms with Gasteiger partial charge in [-0.3, -0.25) is 5.32 Å². The molecule has 106 valence electrons. The van der Waals surface area contributed by atoms with Crippen LogP contribution >= 0.6 is 27.3 Å². The summed E-state index contributed by atoms with van der Waals surface area (Å²) in [5.41, 5.74) is 1.64. The first-order valence-electron chi connectivity index (χ1n) is 6.04. The highest BCUT2D eigenvalue weighted by molar-refractivity contribution is 9.10. The summed E-state index contributed by atoms with van der Waals surface area (Å²) in [4.78, 5) is 12.4. The molecule has 0 radical (unpaired) electrons. The van der Waals surface area contributed by atoms with E-state index in [1.165, 1.54) is 12.0 Å². The van der Waals surface area contributed by atoms with E-state index in [1.807, 2.05) is 24.3 Å². The molecule has 0 bridgehead atoms. The minimum atomic E-state index is -0.475. The standard InChI is InChI=1S/C14H15BrN2O2S/c1-9(13-6-10(15)8-20-13)16-11-4-3-5-12(7-11)17-14(18)19-2/h3-9,16H,1-2H3,(H,17,18). The predicted molar refractivity (Wildman–Crippen MR) is 86.5 cm³/mol. The number of nitrogens with one attached hydrogen (secondary N) is 2. The quantitative estimate of drug-likeness (QED) is 0.823. The maximum absolute atomic E-state index is 11.2. The molecule has 1 aromatic carbocycles. The fourth-order valence-corrected chi connectivity index (χ4v) is 3.19. The summed E-state index contributed by atoms with van der Waals surface area (Å²) in [6.45, 7) is 2.10. The Morgan fingerprint density at radius 3 is 2.75 bits per heavy atom. The van der Waals surface area contributed by atoms with Crippen LogP contribution < -0.4 is 10.6 Å². The van der Waals surface area contributed by atoms with E-state index in [-0.39, 0.29) is 6.04 Å². The van der Waals surface area contributed by atoms with Gasteiger partial charge < -0.3 is 10.1 Å². The molecule has 0 fully saturated rings. The van der Waals surface area contributed by atoms with Gasteiger partial charge in [0.2, 0.25) is 0 Å². The zero-order chi connectivity index (χ0) is 14.5. The highest BCUT2D eigenvalue weighted by Gasteiger charge is 2.08. The van der Waals surface area contributed by atoms with Crippen molar-refractivity contribution >= 4 is 44.7 Å². The van der Waals surface area contributed by atoms with E-state index in [1.54, 1.807) is 11.3 Å². The highest BCUT2D eigenvalue weighted by atomic mass is 79.9. The van der Waals surface area contributed by atoms with Crippen LogP contribution in [-0.4, -0.2) is 13.2 Å². The van der Waals surface area contributed by atoms with Gasteiger partial charge in [-0.1, -0.05) is 6.07 Å². The molecule has 0 aliphatic carbocycles. The Hall–Kier alpha value is -1.53. The minimum Gasteiger partial charge on any atom is -0.453 e. The predicted octanol–water partition coefficient (Wildman–Crippen LogP) is 4.86. The van der Waals surface area contributed by atoms with Crippen LogP contribution in [0.5, 0.6) is 0 Å². The average Bonchev–Trinajstić information content (AvgIpc) is 2.86. The van der Waals surface area contributed by atoms with Crippen LogP contribution in [-0.2, 0) is 4.74 Å². The number of ether oxygens (including phenoxy) is 1. The van der Waals surface area contributed by atoms with E-state index < -0.39 is 6.09 Å². The summed E-state index contributed by atoms with van der Waals surface area (Å²) >= 11 is 5.15. The first-order valence-corrected chi connectivity index (χ1v) is 7.71. The molecule has 4 nitrogen and oxygen atoms in total. The number of amides is 1. The van der Waals surface area contributed by atoms with Crippen LogP contribution in [0.3, 0.4) is 0 Å². The lowest BCUT2D eigenvalue weighted by Crippen LogP contribution is -2.11. The molecule has 0 aliphatic heterocycles. The Labute approximate surface area is 130 Å². The van der Waals surface area contributed by atoms with Gasteiger partial charge in [0.25, 0.3) is 0 Å². The first-order chi connectivity index (χ1) is 9.58. The maximum atomic E-state index is 11.2. The number of carbonyl (C=O) groups excluding carboxylic acids is 1. The van der Waals surface area contributed by atoms with Gasteiger partial charge in [0.1, 0.15) is 0 Å². The lowest BCUT2D eigenvalue weighted by atomic mass is 10.2. The zero-order valence-corrected chi connectivity index (χ0v) is 13.5. The molecule has 0 saturated heterocycles. The number of hydrogen-bond donors (Lipinski definition) is 2. The third-order valence-corrected chi connectivity index (χ3v) is 4.57. The third kappa shape index (κ3) is 3.98. The fourth-order valence-electron chi connectivity index (χ4n) is 1.73. The van der Waals surface area contributed by atoms with Gasteiger partial charge in [0.15, 0.2) is 0 Å². The van der Waals surface area contributed by atoms with E-state index in [0.29, 0.717) is 5.69 Å². The van der Waals surface area contributed by atoms with E-state index in [0.717, 1.165) is 10.2 Å². The van der Waals surface area contributed by atoms with Gasteiger partial charge in [-0.05, 0) is 47.1 Å². The van der Waals surface area contributed by atoms with Gasteiger partial charge in [-0.25, -0.2) is 4.79 Å². The minimum absolute atomic E-state index is 0.194. The number of hydrogen-bond acceptors (Lipinski definition) is 4. The normalized spacial score (nSPS) is 11.8. The van der Waals surface area contributed by atoms with Gasteiger partial charge in [-0.2, -0.15) is 0 Å². The van der Waals surface area contributed by atoms with Crippen molar-refractivity contribution in [1.82, 2.24) is 0 Å². The average molecular weight is 355 g/mol. The SMILES string of the molecule is COC(=O)Nc1cccc(NC(C)c2cc(Br)cs2)c1. The molecule has 0 saturated carbocycles. The second-order valence-corrected chi connectivity index (χ2v) is 6.09. The molecule has 2 aromatic rings. The van der Waals surface area contributed by atoms with E-state index in [2.05, 4.69) is 49.7 Å². The maximum Gasteiger partial charge on any atom is 0.411 e. The molecule has 1 amide bonds. The smallest absolute Gasteiger partial charge is 0.411 e. The molecule has 1 atom stereocenters. The number of halogens is 1. The molecule has 0 spiro atoms. The number of rotatable bonds is 4. The summed E-state index contributed by atoms with van der Waals surface area (Å²) < 4.78 is 5.66. The number of carbonyl (C=O) groups is 1. The lowest BCUT2D eigenvalue weighted by Gasteiger charge is -2.14. The third-order valence-electron chi connectivity index (χ3n) is 2.69. The van der Waals surface area contributed by atoms with Crippen molar-refractivity contribution in [1.29, 1.82) is 0 Å². The number of anilines is 2. The van der Waals surface area contributed by atoms with Crippen LogP contribution in [0.4, 0.5) is 16.2 Å². The molecule has 6 heteroatoms. The Morgan fingerprint density at radius 1 is 1.35 bits per heavy atom. The summed E-state index contributed by atoms with van der Waals surface area (Å²) in [5, 5.41) is 8.10. The monoisotopic (exact) mass is 354 g/mol. The molecular weight excluding hydrogens is 340 g/mol. The van der Waals surface area contributed by atoms with Crippen molar-refractivity contribution in [2.75, 3.05) is 17.7 Å². The van der Waals surface area contributed by atoms with Crippen LogP contribution in [0, 0.1) is 0 Å². The molecule has 1 unspecified atom stereocenters. The van der Waals surface area contributed by atoms with Crippen molar-refractivity contribution in [3.05, 3.63) is 45.1 Å². The molecule has 2 rings (SSSR count). The van der Waals surface area contributed by atoms with E-state index >= 15 is 0 Å². The second kappa shape index (κ2) is 6.76. The second-order valence-electron chi connectivity index (χ2n) is 4.23. The molecule has 20 heavy (non-hydrogen) atoms. The molecule has 1 heterocycles. The number of thiophene rings is 1. The van der Waals surface area contributed by atoms with Crippen LogP contribution in [0.15, 0.2) is 40.2 Å². The van der Waals surface area contributed by atoms with Crippen molar-refractivity contribution in [3.63, 3.8) is 0 Å². The summed E-state index contributed by atoms with van der Waals surface area (Å²) in [6.07, 6.45) is -0.475. The van der Waals surface area contributed by atoms with Gasteiger partial charge >= 0.3 is 6.09 Å². The van der Waals surface area contributed by atoms with Gasteiger partial charge in [0.05, 0.1) is 13.2 Å². The Balaban J connectivity index is 2.05. The lowest BCUT2D eigenvalue weighted by molar-refractivity contribution is 0.187. The molecule has 2 N–H and O–H groups in total. The van der Waals surface area contributed by atoms with Crippen LogP contribution in [0.25, 0.3) is 0 Å². The fraction of sp³-hybridized carbons (Fsp3) is 0.214. The first kappa shape index (κ1) is 14.9. The Bertz CT molecular complexity index is 600. The van der Waals surface area contributed by atoms with Crippen molar-refractivity contribution in [2.45, 2.75) is 13.0 Å². The number of methoxy groups -OCH3 is 1. The molecular formula is C14H15BrN2O2S. The molecule has 1 aromatic heterocycles. The number of benzene rings is 1. The van der Waals surface area contributed by atoms with Crippen molar-refractivity contribution in [2.24, 2.45) is 0 Å². The summed E-state index contributed by atoms with van der Waals surface area (Å²) in [7, 11) is 1.34. The highest BCUT2D eigenvalue weighted by Crippen LogP contribution is 2.28. The zero-order valence-electron chi connectivity index (χ0n) is 11.1. The largest absolute Gasteiger partial charge is 0.453 e. The Kier molecular flexibility index (Phi) is 5.03. The van der Waals surface area contributed by atoms with Crippen molar-refractivity contribution in [3.8, 4) is 0 Å². The molecule has 0 aliphatic rings. The van der Waals surface area contributed by atoms with Gasteiger partial charge in [0, 0.05) is 26.1 Å². The van der Waals surface area contributed by atoms with Crippen molar-refractivity contribution < 1.29 is 9.53 Å². The summed E-state index contributed by atoms with van der Waals surface area (Å²) in [5.74, 6) is 0. The topological polar surface area (TPSA) is 50.4 Å². The van der Waals surface area contributed by atoms with E-state index in [9.17, 15) is 4.79 Å². The van der Waals surface area contributed by atoms with Crippen LogP contribution in [0.2, 0.25) is 0 Å².